The van der Waals surface area contributed by atoms with Crippen molar-refractivity contribution in [3.63, 3.8) is 0 Å². The summed E-state index contributed by atoms with van der Waals surface area (Å²) in [7, 11) is 3.60. The second-order valence-corrected chi connectivity index (χ2v) is 7.53. The first-order valence-corrected chi connectivity index (χ1v) is 10.7. The predicted molar refractivity (Wildman–Crippen MR) is 117 cm³/mol. The highest BCUT2D eigenvalue weighted by atomic mass is 16.5. The Hall–Kier alpha value is -2.12. The van der Waals surface area contributed by atoms with Crippen molar-refractivity contribution in [1.82, 2.24) is 19.8 Å². The van der Waals surface area contributed by atoms with E-state index < -0.39 is 0 Å². The molecule has 1 aliphatic heterocycles. The molecule has 1 aliphatic rings. The Labute approximate surface area is 174 Å². The number of methoxy groups -OCH3 is 1. The summed E-state index contributed by atoms with van der Waals surface area (Å²) in [5.74, 6) is 2.07. The molecule has 29 heavy (non-hydrogen) atoms. The summed E-state index contributed by atoms with van der Waals surface area (Å²) >= 11 is 0. The Morgan fingerprint density at radius 3 is 2.76 bits per heavy atom. The van der Waals surface area contributed by atoms with Crippen molar-refractivity contribution in [3.8, 4) is 0 Å². The summed E-state index contributed by atoms with van der Waals surface area (Å²) in [5.41, 5.74) is 2.28. The lowest BCUT2D eigenvalue weighted by molar-refractivity contribution is 0.00991. The normalized spacial score (nSPS) is 16.0. The highest BCUT2D eigenvalue weighted by Gasteiger charge is 2.21. The molecule has 1 saturated heterocycles. The average Bonchev–Trinajstić information content (AvgIpc) is 3.07. The van der Waals surface area contributed by atoms with E-state index in [1.807, 2.05) is 13.1 Å². The molecule has 1 aromatic heterocycles. The number of fused-ring (bicyclic) bond motifs is 1. The molecule has 0 aliphatic carbocycles. The Balaban J connectivity index is 1.39. The molecule has 0 bridgehead atoms. The molecule has 7 heteroatoms. The fourth-order valence-corrected chi connectivity index (χ4v) is 3.94. The molecule has 1 N–H and O–H groups in total. The van der Waals surface area contributed by atoms with Crippen molar-refractivity contribution in [1.29, 1.82) is 0 Å². The number of ether oxygens (including phenoxy) is 2. The fourth-order valence-electron chi connectivity index (χ4n) is 3.94. The number of imidazole rings is 1. The number of piperidine rings is 1. The van der Waals surface area contributed by atoms with Crippen LogP contribution in [0.1, 0.15) is 31.5 Å². The molecular weight excluding hydrogens is 366 g/mol. The summed E-state index contributed by atoms with van der Waals surface area (Å²) in [4.78, 5) is 11.5. The van der Waals surface area contributed by atoms with Crippen molar-refractivity contribution in [2.45, 2.75) is 45.3 Å². The van der Waals surface area contributed by atoms with Gasteiger partial charge in [-0.25, -0.2) is 4.98 Å². The number of hydrogen-bond acceptors (Lipinski definition) is 4. The van der Waals surface area contributed by atoms with Gasteiger partial charge in [0.2, 0.25) is 0 Å². The van der Waals surface area contributed by atoms with Crippen LogP contribution in [-0.2, 0) is 16.0 Å². The molecule has 7 nitrogen and oxygen atoms in total. The number of nitrogens with zero attached hydrogens (tertiary/aromatic N) is 4. The number of para-hydroxylation sites is 2. The SMILES string of the molecule is CN=C(NCCCn1c(C)nc2ccccc21)N1CCC(OCCCOC)CC1. The topological polar surface area (TPSA) is 63.9 Å². The maximum atomic E-state index is 5.96. The maximum absolute atomic E-state index is 5.96. The van der Waals surface area contributed by atoms with Gasteiger partial charge in [-0.1, -0.05) is 12.1 Å². The number of hydrogen-bond donors (Lipinski definition) is 1. The summed E-state index contributed by atoms with van der Waals surface area (Å²) < 4.78 is 13.3. The molecule has 1 fully saturated rings. The molecule has 2 heterocycles. The van der Waals surface area contributed by atoms with Gasteiger partial charge < -0.3 is 24.3 Å². The molecular formula is C22H35N5O2. The molecule has 0 spiro atoms. The smallest absolute Gasteiger partial charge is 0.193 e. The third kappa shape index (κ3) is 5.93. The van der Waals surface area contributed by atoms with Gasteiger partial charge in [-0.05, 0) is 44.7 Å². The van der Waals surface area contributed by atoms with E-state index in [0.29, 0.717) is 6.10 Å². The van der Waals surface area contributed by atoms with Gasteiger partial charge in [0, 0.05) is 53.6 Å². The van der Waals surface area contributed by atoms with Gasteiger partial charge in [-0.2, -0.15) is 0 Å². The minimum absolute atomic E-state index is 0.360. The largest absolute Gasteiger partial charge is 0.385 e. The Morgan fingerprint density at radius 1 is 1.21 bits per heavy atom. The molecule has 3 rings (SSSR count). The van der Waals surface area contributed by atoms with Crippen LogP contribution in [0.25, 0.3) is 11.0 Å². The minimum Gasteiger partial charge on any atom is -0.385 e. The summed E-state index contributed by atoms with van der Waals surface area (Å²) in [5, 5.41) is 3.53. The van der Waals surface area contributed by atoms with Crippen LogP contribution < -0.4 is 5.32 Å². The van der Waals surface area contributed by atoms with Crippen LogP contribution in [0, 0.1) is 6.92 Å². The van der Waals surface area contributed by atoms with E-state index in [1.54, 1.807) is 7.11 Å². The van der Waals surface area contributed by atoms with E-state index in [0.717, 1.165) is 82.4 Å². The standard InChI is InChI=1S/C22H35N5O2/c1-18-25-20-8-4-5-9-21(20)27(18)13-6-12-24-22(23-2)26-14-10-19(11-15-26)29-17-7-16-28-3/h4-5,8-9,19H,6-7,10-17H2,1-3H3,(H,23,24). The van der Waals surface area contributed by atoms with Crippen LogP contribution in [0.4, 0.5) is 0 Å². The lowest BCUT2D eigenvalue weighted by Gasteiger charge is -2.34. The minimum atomic E-state index is 0.360. The number of guanidine groups is 1. The van der Waals surface area contributed by atoms with E-state index >= 15 is 0 Å². The molecule has 0 atom stereocenters. The number of likely N-dealkylation sites (tertiary alicyclic amines) is 1. The summed E-state index contributed by atoms with van der Waals surface area (Å²) in [6.07, 6.45) is 4.45. The summed E-state index contributed by atoms with van der Waals surface area (Å²) in [6, 6.07) is 8.33. The zero-order valence-corrected chi connectivity index (χ0v) is 18.1. The van der Waals surface area contributed by atoms with Crippen molar-refractivity contribution in [2.75, 3.05) is 47.0 Å². The van der Waals surface area contributed by atoms with Gasteiger partial charge in [-0.15, -0.1) is 0 Å². The lowest BCUT2D eigenvalue weighted by Crippen LogP contribution is -2.47. The molecule has 0 saturated carbocycles. The third-order valence-corrected chi connectivity index (χ3v) is 5.49. The Morgan fingerprint density at radius 2 is 2.00 bits per heavy atom. The summed E-state index contributed by atoms with van der Waals surface area (Å²) in [6.45, 7) is 7.45. The third-order valence-electron chi connectivity index (χ3n) is 5.49. The van der Waals surface area contributed by atoms with E-state index in [4.69, 9.17) is 9.47 Å². The molecule has 1 aromatic carbocycles. The number of nitrogens with one attached hydrogen (secondary N) is 1. The number of aryl methyl sites for hydroxylation is 2. The van der Waals surface area contributed by atoms with Gasteiger partial charge >= 0.3 is 0 Å². The first-order valence-electron chi connectivity index (χ1n) is 10.7. The van der Waals surface area contributed by atoms with Crippen LogP contribution in [0.2, 0.25) is 0 Å². The van der Waals surface area contributed by atoms with Crippen LogP contribution in [0.3, 0.4) is 0 Å². The van der Waals surface area contributed by atoms with Crippen LogP contribution in [-0.4, -0.2) is 73.5 Å². The van der Waals surface area contributed by atoms with Gasteiger partial charge in [-0.3, -0.25) is 4.99 Å². The second-order valence-electron chi connectivity index (χ2n) is 7.53. The van der Waals surface area contributed by atoms with Gasteiger partial charge in [0.15, 0.2) is 5.96 Å². The number of aliphatic imine (C=N–C) groups is 1. The van der Waals surface area contributed by atoms with Crippen LogP contribution in [0.15, 0.2) is 29.3 Å². The Kier molecular flexibility index (Phi) is 8.31. The van der Waals surface area contributed by atoms with Crippen molar-refractivity contribution in [3.05, 3.63) is 30.1 Å². The van der Waals surface area contributed by atoms with Crippen LogP contribution >= 0.6 is 0 Å². The molecule has 0 unspecified atom stereocenters. The highest BCUT2D eigenvalue weighted by molar-refractivity contribution is 5.80. The zero-order valence-electron chi connectivity index (χ0n) is 18.1. The monoisotopic (exact) mass is 401 g/mol. The maximum Gasteiger partial charge on any atom is 0.193 e. The predicted octanol–water partition coefficient (Wildman–Crippen LogP) is 2.83. The average molecular weight is 402 g/mol. The van der Waals surface area contributed by atoms with E-state index in [1.165, 1.54) is 5.52 Å². The number of rotatable bonds is 9. The molecule has 160 valence electrons. The van der Waals surface area contributed by atoms with Crippen molar-refractivity contribution in [2.24, 2.45) is 4.99 Å². The van der Waals surface area contributed by atoms with Crippen molar-refractivity contribution >= 4 is 17.0 Å². The zero-order chi connectivity index (χ0) is 20.5. The second kappa shape index (κ2) is 11.2. The van der Waals surface area contributed by atoms with E-state index in [2.05, 4.69) is 49.9 Å². The van der Waals surface area contributed by atoms with E-state index in [-0.39, 0.29) is 0 Å². The van der Waals surface area contributed by atoms with E-state index in [9.17, 15) is 0 Å². The quantitative estimate of drug-likeness (QED) is 0.398. The first kappa shape index (κ1) is 21.6. The highest BCUT2D eigenvalue weighted by Crippen LogP contribution is 2.16. The fraction of sp³-hybridized carbons (Fsp3) is 0.636. The number of benzene rings is 1. The first-order chi connectivity index (χ1) is 14.2. The van der Waals surface area contributed by atoms with Crippen molar-refractivity contribution < 1.29 is 9.47 Å². The lowest BCUT2D eigenvalue weighted by atomic mass is 10.1. The molecule has 0 radical (unpaired) electrons. The molecule has 2 aromatic rings. The van der Waals surface area contributed by atoms with Crippen LogP contribution in [0.5, 0.6) is 0 Å². The van der Waals surface area contributed by atoms with Gasteiger partial charge in [0.1, 0.15) is 5.82 Å². The Bertz CT molecular complexity index is 781. The van der Waals surface area contributed by atoms with Gasteiger partial charge in [0.25, 0.3) is 0 Å². The number of aromatic nitrogens is 2. The molecule has 0 amide bonds. The van der Waals surface area contributed by atoms with Gasteiger partial charge in [0.05, 0.1) is 17.1 Å².